The van der Waals surface area contributed by atoms with Crippen molar-refractivity contribution in [2.75, 3.05) is 0 Å². The summed E-state index contributed by atoms with van der Waals surface area (Å²) < 4.78 is 12.7. The molecule has 0 aliphatic heterocycles. The number of nitrogens with zero attached hydrogens (tertiary/aromatic N) is 1. The summed E-state index contributed by atoms with van der Waals surface area (Å²) >= 11 is 0. The van der Waals surface area contributed by atoms with Crippen LogP contribution in [-0.4, -0.2) is 4.98 Å². The highest BCUT2D eigenvalue weighted by atomic mass is 19.1. The first kappa shape index (κ1) is 7.88. The number of nitrogens with two attached hydrogens (primary N) is 1. The van der Waals surface area contributed by atoms with Crippen molar-refractivity contribution in [3.63, 3.8) is 0 Å². The molecule has 2 nitrogen and oxygen atoms in total. The van der Waals surface area contributed by atoms with Gasteiger partial charge >= 0.3 is 0 Å². The monoisotopic (exact) mass is 152 g/mol. The summed E-state index contributed by atoms with van der Waals surface area (Å²) in [6, 6.07) is 1.63. The molecule has 0 fully saturated rings. The first-order valence-corrected chi connectivity index (χ1v) is 3.25. The van der Waals surface area contributed by atoms with Crippen molar-refractivity contribution in [2.45, 2.75) is 6.54 Å². The Morgan fingerprint density at radius 2 is 2.45 bits per heavy atom. The fourth-order valence-corrected chi connectivity index (χ4v) is 0.765. The van der Waals surface area contributed by atoms with Crippen LogP contribution >= 0.6 is 0 Å². The Kier molecular flexibility index (Phi) is 2.33. The Balaban J connectivity index is 3.12. The smallest absolute Gasteiger partial charge is 0.220 e. The normalized spacial score (nSPS) is 9.64. The third-order valence-electron chi connectivity index (χ3n) is 1.38. The third-order valence-corrected chi connectivity index (χ3v) is 1.38. The van der Waals surface area contributed by atoms with E-state index in [4.69, 9.17) is 5.73 Å². The second-order valence-electron chi connectivity index (χ2n) is 2.13. The van der Waals surface area contributed by atoms with Gasteiger partial charge in [0.1, 0.15) is 0 Å². The summed E-state index contributed by atoms with van der Waals surface area (Å²) in [5.74, 6) is -0.503. The van der Waals surface area contributed by atoms with E-state index < -0.39 is 5.95 Å². The molecule has 0 saturated carbocycles. The molecule has 1 aromatic rings. The van der Waals surface area contributed by atoms with Crippen LogP contribution in [0.5, 0.6) is 0 Å². The van der Waals surface area contributed by atoms with Gasteiger partial charge in [0.05, 0.1) is 0 Å². The summed E-state index contributed by atoms with van der Waals surface area (Å²) in [6.45, 7) is 3.82. The van der Waals surface area contributed by atoms with Crippen LogP contribution < -0.4 is 5.73 Å². The molecule has 0 amide bonds. The lowest BCUT2D eigenvalue weighted by molar-refractivity contribution is 0.579. The minimum Gasteiger partial charge on any atom is -0.326 e. The quantitative estimate of drug-likeness (QED) is 0.649. The van der Waals surface area contributed by atoms with E-state index in [9.17, 15) is 4.39 Å². The Hall–Kier alpha value is -1.22. The van der Waals surface area contributed by atoms with E-state index in [1.807, 2.05) is 0 Å². The number of hydrogen-bond acceptors (Lipinski definition) is 2. The summed E-state index contributed by atoms with van der Waals surface area (Å²) in [5, 5.41) is 0. The van der Waals surface area contributed by atoms with Crippen molar-refractivity contribution >= 4 is 6.08 Å². The highest BCUT2D eigenvalue weighted by Crippen LogP contribution is 2.07. The molecule has 1 aromatic heterocycles. The molecule has 1 rings (SSSR count). The topological polar surface area (TPSA) is 38.9 Å². The van der Waals surface area contributed by atoms with E-state index in [-0.39, 0.29) is 0 Å². The van der Waals surface area contributed by atoms with Crippen LogP contribution in [-0.2, 0) is 6.54 Å². The zero-order chi connectivity index (χ0) is 8.27. The van der Waals surface area contributed by atoms with E-state index >= 15 is 0 Å². The molecule has 11 heavy (non-hydrogen) atoms. The summed E-state index contributed by atoms with van der Waals surface area (Å²) in [6.07, 6.45) is 2.84. The van der Waals surface area contributed by atoms with E-state index in [0.717, 1.165) is 5.56 Å². The molecule has 58 valence electrons. The minimum absolute atomic E-state index is 0.369. The fourth-order valence-electron chi connectivity index (χ4n) is 0.765. The molecule has 0 aliphatic carbocycles. The van der Waals surface area contributed by atoms with Gasteiger partial charge in [0.2, 0.25) is 5.95 Å². The van der Waals surface area contributed by atoms with Crippen molar-refractivity contribution in [1.29, 1.82) is 0 Å². The van der Waals surface area contributed by atoms with Crippen molar-refractivity contribution in [2.24, 2.45) is 5.73 Å². The van der Waals surface area contributed by atoms with Gasteiger partial charge in [-0.15, -0.1) is 0 Å². The molecular weight excluding hydrogens is 143 g/mol. The van der Waals surface area contributed by atoms with Crippen LogP contribution in [0.2, 0.25) is 0 Å². The molecule has 0 spiro atoms. The molecule has 0 atom stereocenters. The van der Waals surface area contributed by atoms with Gasteiger partial charge in [0.15, 0.2) is 0 Å². The first-order chi connectivity index (χ1) is 5.27. The van der Waals surface area contributed by atoms with E-state index in [2.05, 4.69) is 11.6 Å². The third kappa shape index (κ3) is 1.62. The van der Waals surface area contributed by atoms with Crippen LogP contribution in [0.4, 0.5) is 4.39 Å². The van der Waals surface area contributed by atoms with Gasteiger partial charge in [-0.25, -0.2) is 4.98 Å². The molecule has 0 radical (unpaired) electrons. The average Bonchev–Trinajstić information content (AvgIpc) is 2.05. The highest BCUT2D eigenvalue weighted by molar-refractivity contribution is 5.46. The van der Waals surface area contributed by atoms with Gasteiger partial charge < -0.3 is 5.73 Å². The zero-order valence-corrected chi connectivity index (χ0v) is 6.05. The van der Waals surface area contributed by atoms with Crippen molar-refractivity contribution in [3.8, 4) is 0 Å². The molecule has 0 unspecified atom stereocenters. The Morgan fingerprint density at radius 3 is 3.00 bits per heavy atom. The van der Waals surface area contributed by atoms with E-state index in [0.29, 0.717) is 12.1 Å². The van der Waals surface area contributed by atoms with Gasteiger partial charge in [-0.2, -0.15) is 4.39 Å². The Labute approximate surface area is 64.6 Å². The van der Waals surface area contributed by atoms with Crippen molar-refractivity contribution in [3.05, 3.63) is 35.9 Å². The van der Waals surface area contributed by atoms with Gasteiger partial charge in [-0.3, -0.25) is 0 Å². The Morgan fingerprint density at radius 1 is 1.73 bits per heavy atom. The molecule has 2 N–H and O–H groups in total. The van der Waals surface area contributed by atoms with Gasteiger partial charge in [-0.1, -0.05) is 12.7 Å². The van der Waals surface area contributed by atoms with Crippen LogP contribution in [0.3, 0.4) is 0 Å². The lowest BCUT2D eigenvalue weighted by atomic mass is 10.2. The van der Waals surface area contributed by atoms with Crippen LogP contribution in [0.15, 0.2) is 18.8 Å². The van der Waals surface area contributed by atoms with Gasteiger partial charge in [0.25, 0.3) is 0 Å². The van der Waals surface area contributed by atoms with E-state index in [1.54, 1.807) is 6.07 Å². The molecular formula is C8H9FN2. The molecule has 1 heterocycles. The lowest BCUT2D eigenvalue weighted by Crippen LogP contribution is -1.99. The average molecular weight is 152 g/mol. The predicted molar refractivity (Wildman–Crippen MR) is 42.2 cm³/mol. The number of halogens is 1. The molecule has 3 heteroatoms. The second kappa shape index (κ2) is 3.25. The fraction of sp³-hybridized carbons (Fsp3) is 0.125. The SMILES string of the molecule is C=Cc1cc(CN)cnc1F. The first-order valence-electron chi connectivity index (χ1n) is 3.25. The zero-order valence-electron chi connectivity index (χ0n) is 6.05. The van der Waals surface area contributed by atoms with Gasteiger partial charge in [0, 0.05) is 18.3 Å². The maximum Gasteiger partial charge on any atom is 0.220 e. The number of pyridine rings is 1. The Bertz CT molecular complexity index is 271. The van der Waals surface area contributed by atoms with Crippen molar-refractivity contribution < 1.29 is 4.39 Å². The van der Waals surface area contributed by atoms with E-state index in [1.165, 1.54) is 12.3 Å². The summed E-state index contributed by atoms with van der Waals surface area (Å²) in [5.41, 5.74) is 6.53. The highest BCUT2D eigenvalue weighted by Gasteiger charge is 1.99. The summed E-state index contributed by atoms with van der Waals surface area (Å²) in [7, 11) is 0. The summed E-state index contributed by atoms with van der Waals surface area (Å²) in [4.78, 5) is 3.50. The van der Waals surface area contributed by atoms with Crippen LogP contribution in [0.25, 0.3) is 6.08 Å². The minimum atomic E-state index is -0.503. The molecule has 0 bridgehead atoms. The van der Waals surface area contributed by atoms with Crippen molar-refractivity contribution in [1.82, 2.24) is 4.98 Å². The predicted octanol–water partition coefficient (Wildman–Crippen LogP) is 1.32. The maximum absolute atomic E-state index is 12.7. The number of aromatic nitrogens is 1. The largest absolute Gasteiger partial charge is 0.326 e. The standard InChI is InChI=1S/C8H9FN2/c1-2-7-3-6(4-10)5-11-8(7)9/h2-3,5H,1,4,10H2. The molecule has 0 aliphatic rings. The molecule has 0 aromatic carbocycles. The van der Waals surface area contributed by atoms with Crippen LogP contribution in [0, 0.1) is 5.95 Å². The number of hydrogen-bond donors (Lipinski definition) is 1. The number of rotatable bonds is 2. The lowest BCUT2D eigenvalue weighted by Gasteiger charge is -1.98. The van der Waals surface area contributed by atoms with Crippen LogP contribution in [0.1, 0.15) is 11.1 Å². The second-order valence-corrected chi connectivity index (χ2v) is 2.13. The molecule has 0 saturated heterocycles. The van der Waals surface area contributed by atoms with Gasteiger partial charge in [-0.05, 0) is 11.6 Å². The maximum atomic E-state index is 12.7.